The van der Waals surface area contributed by atoms with Crippen LogP contribution in [0.3, 0.4) is 0 Å². The second kappa shape index (κ2) is 7.43. The number of hydrogen-bond donors (Lipinski definition) is 1. The smallest absolute Gasteiger partial charge is 0.352 e. The van der Waals surface area contributed by atoms with Crippen molar-refractivity contribution in [1.82, 2.24) is 20.5 Å². The molecular weight excluding hydrogens is 407 g/mol. The minimum atomic E-state index is -4.67. The van der Waals surface area contributed by atoms with E-state index in [0.717, 1.165) is 18.3 Å². The Hall–Kier alpha value is -3.43. The van der Waals surface area contributed by atoms with E-state index in [1.54, 1.807) is 0 Å². The molecule has 154 valence electrons. The Morgan fingerprint density at radius 2 is 1.83 bits per heavy atom. The number of carbonyl (C=O) groups excluding carboxylic acids is 1. The third-order valence-corrected chi connectivity index (χ3v) is 4.67. The van der Waals surface area contributed by atoms with Crippen molar-refractivity contribution in [1.29, 1.82) is 0 Å². The molecule has 1 aromatic carbocycles. The second-order valence-electron chi connectivity index (χ2n) is 6.79. The van der Waals surface area contributed by atoms with Gasteiger partial charge in [-0.05, 0) is 53.8 Å². The Morgan fingerprint density at radius 3 is 2.60 bits per heavy atom. The number of carbonyl (C=O) groups is 1. The summed E-state index contributed by atoms with van der Waals surface area (Å²) in [4.78, 5) is 16.0. The molecule has 0 atom stereocenters. The molecule has 2 aromatic heterocycles. The lowest BCUT2D eigenvalue weighted by Gasteiger charge is -2.19. The number of hydrogen-bond acceptors (Lipinski definition) is 4. The van der Waals surface area contributed by atoms with Crippen molar-refractivity contribution in [2.45, 2.75) is 19.0 Å². The van der Waals surface area contributed by atoms with Gasteiger partial charge in [0, 0.05) is 6.54 Å². The molecule has 0 radical (unpaired) electrons. The lowest BCUT2D eigenvalue weighted by Crippen LogP contribution is -2.33. The molecule has 0 unspecified atom stereocenters. The van der Waals surface area contributed by atoms with Gasteiger partial charge in [-0.2, -0.15) is 18.3 Å². The summed E-state index contributed by atoms with van der Waals surface area (Å²) in [7, 11) is 0. The van der Waals surface area contributed by atoms with Crippen LogP contribution in [-0.4, -0.2) is 27.6 Å². The minimum absolute atomic E-state index is 0.0345. The predicted octanol–water partition coefficient (Wildman–Crippen LogP) is 3.71. The van der Waals surface area contributed by atoms with Crippen molar-refractivity contribution >= 4 is 5.91 Å². The average molecular weight is 420 g/mol. The van der Waals surface area contributed by atoms with Gasteiger partial charge in [0.25, 0.3) is 5.91 Å². The Morgan fingerprint density at radius 1 is 1.03 bits per heavy atom. The molecule has 0 spiro atoms. The maximum Gasteiger partial charge on any atom is 0.416 e. The van der Waals surface area contributed by atoms with Crippen molar-refractivity contribution in [3.05, 3.63) is 76.1 Å². The van der Waals surface area contributed by atoms with Gasteiger partial charge in [0.15, 0.2) is 5.82 Å². The molecule has 10 heteroatoms. The number of fused-ring (bicyclic) bond motifs is 1. The predicted molar refractivity (Wildman–Crippen MR) is 95.5 cm³/mol. The number of amides is 1. The van der Waals surface area contributed by atoms with E-state index in [0.29, 0.717) is 30.2 Å². The topological polar surface area (TPSA) is 67.8 Å². The first kappa shape index (κ1) is 19.9. The highest BCUT2D eigenvalue weighted by atomic mass is 19.4. The first-order chi connectivity index (χ1) is 14.2. The molecule has 1 N–H and O–H groups in total. The molecule has 3 heterocycles. The second-order valence-corrected chi connectivity index (χ2v) is 6.79. The van der Waals surface area contributed by atoms with Crippen LogP contribution in [0.15, 0.2) is 36.7 Å². The van der Waals surface area contributed by atoms with Gasteiger partial charge < -0.3 is 5.32 Å². The molecule has 1 aliphatic heterocycles. The van der Waals surface area contributed by atoms with Crippen LogP contribution in [0.4, 0.5) is 22.0 Å². The highest BCUT2D eigenvalue weighted by molar-refractivity contribution is 5.98. The van der Waals surface area contributed by atoms with Crippen LogP contribution in [-0.2, 0) is 19.0 Å². The fraction of sp³-hybridized carbons (Fsp3) is 0.200. The zero-order valence-corrected chi connectivity index (χ0v) is 15.2. The summed E-state index contributed by atoms with van der Waals surface area (Å²) in [5, 5.41) is 10.4. The lowest BCUT2D eigenvalue weighted by atomic mass is 9.96. The van der Waals surface area contributed by atoms with Crippen molar-refractivity contribution in [3.63, 3.8) is 0 Å². The van der Waals surface area contributed by atoms with E-state index in [2.05, 4.69) is 20.5 Å². The van der Waals surface area contributed by atoms with Gasteiger partial charge in [-0.1, -0.05) is 0 Å². The molecule has 5 nitrogen and oxygen atoms in total. The van der Waals surface area contributed by atoms with Gasteiger partial charge in [-0.15, -0.1) is 5.10 Å². The highest BCUT2D eigenvalue weighted by Crippen LogP contribution is 2.31. The van der Waals surface area contributed by atoms with Crippen molar-refractivity contribution in [2.75, 3.05) is 6.54 Å². The molecule has 1 aliphatic rings. The van der Waals surface area contributed by atoms with E-state index in [-0.39, 0.29) is 28.9 Å². The zero-order valence-electron chi connectivity index (χ0n) is 15.2. The Bertz CT molecular complexity index is 1150. The molecule has 0 saturated heterocycles. The summed E-state index contributed by atoms with van der Waals surface area (Å²) in [6.07, 6.45) is -2.12. The molecule has 0 saturated carbocycles. The van der Waals surface area contributed by atoms with Gasteiger partial charge in [-0.3, -0.25) is 9.78 Å². The van der Waals surface area contributed by atoms with Gasteiger partial charge >= 0.3 is 6.18 Å². The minimum Gasteiger partial charge on any atom is -0.352 e. The summed E-state index contributed by atoms with van der Waals surface area (Å²) in [5.41, 5.74) is 0.263. The van der Waals surface area contributed by atoms with E-state index < -0.39 is 29.3 Å². The fourth-order valence-electron chi connectivity index (χ4n) is 3.40. The largest absolute Gasteiger partial charge is 0.416 e. The Labute approximate surface area is 167 Å². The monoisotopic (exact) mass is 420 g/mol. The quantitative estimate of drug-likeness (QED) is 0.656. The van der Waals surface area contributed by atoms with E-state index in [1.165, 1.54) is 12.3 Å². The number of rotatable bonds is 3. The number of pyridine rings is 1. The molecule has 3 aromatic rings. The lowest BCUT2D eigenvalue weighted by molar-refractivity contribution is -0.137. The third-order valence-electron chi connectivity index (χ3n) is 4.67. The van der Waals surface area contributed by atoms with Crippen LogP contribution >= 0.6 is 0 Å². The maximum absolute atomic E-state index is 14.1. The van der Waals surface area contributed by atoms with Gasteiger partial charge in [0.2, 0.25) is 0 Å². The first-order valence-corrected chi connectivity index (χ1v) is 8.86. The summed E-state index contributed by atoms with van der Waals surface area (Å²) in [5.74, 6) is -2.31. The number of nitrogens with one attached hydrogen (secondary N) is 1. The zero-order chi connectivity index (χ0) is 21.5. The summed E-state index contributed by atoms with van der Waals surface area (Å²) >= 11 is 0. The van der Waals surface area contributed by atoms with Crippen LogP contribution in [0.1, 0.15) is 32.6 Å². The number of halogens is 5. The van der Waals surface area contributed by atoms with Gasteiger partial charge in [0.1, 0.15) is 11.5 Å². The van der Waals surface area contributed by atoms with Crippen LogP contribution in [0, 0.1) is 11.6 Å². The molecule has 1 amide bonds. The fourth-order valence-corrected chi connectivity index (χ4v) is 3.40. The molecule has 4 rings (SSSR count). The number of nitrogens with zero attached hydrogens (tertiary/aromatic N) is 3. The van der Waals surface area contributed by atoms with Gasteiger partial charge in [-0.25, -0.2) is 8.78 Å². The first-order valence-electron chi connectivity index (χ1n) is 8.86. The van der Waals surface area contributed by atoms with Crippen molar-refractivity contribution < 1.29 is 26.7 Å². The highest BCUT2D eigenvalue weighted by Gasteiger charge is 2.31. The van der Waals surface area contributed by atoms with E-state index >= 15 is 0 Å². The van der Waals surface area contributed by atoms with Crippen molar-refractivity contribution in [3.8, 4) is 11.4 Å². The molecule has 0 aliphatic carbocycles. The van der Waals surface area contributed by atoms with Crippen LogP contribution in [0.25, 0.3) is 11.4 Å². The van der Waals surface area contributed by atoms with Crippen molar-refractivity contribution in [2.24, 2.45) is 0 Å². The Balaban J connectivity index is 1.71. The summed E-state index contributed by atoms with van der Waals surface area (Å²) < 4.78 is 66.5. The molecule has 0 bridgehead atoms. The molecule has 30 heavy (non-hydrogen) atoms. The Kier molecular flexibility index (Phi) is 4.92. The standard InChI is InChI=1S/C20H13F5N4O/c21-13-5-10(4-12(7-13)20(23,24)25)3-11-6-16(29-28-8-11)18-14-1-2-26-19(30)17(14)15(22)9-27-18/h4-9H,1-3H2,(H,26,30). The normalized spacial score (nSPS) is 13.7. The molecule has 0 fully saturated rings. The van der Waals surface area contributed by atoms with Crippen LogP contribution < -0.4 is 5.32 Å². The van der Waals surface area contributed by atoms with E-state index in [4.69, 9.17) is 0 Å². The maximum atomic E-state index is 14.1. The summed E-state index contributed by atoms with van der Waals surface area (Å²) in [6.45, 7) is 0.306. The number of aromatic nitrogens is 3. The van der Waals surface area contributed by atoms with E-state index in [1.807, 2.05) is 0 Å². The third kappa shape index (κ3) is 3.85. The number of alkyl halides is 3. The van der Waals surface area contributed by atoms with Crippen LogP contribution in [0.5, 0.6) is 0 Å². The van der Waals surface area contributed by atoms with E-state index in [9.17, 15) is 26.7 Å². The van der Waals surface area contributed by atoms with Gasteiger partial charge in [0.05, 0.1) is 29.2 Å². The average Bonchev–Trinajstić information content (AvgIpc) is 2.67. The molecular formula is C20H13F5N4O. The van der Waals surface area contributed by atoms with Crippen LogP contribution in [0.2, 0.25) is 0 Å². The number of benzene rings is 1. The SMILES string of the molecule is O=C1NCCc2c(-c3cc(Cc4cc(F)cc(C(F)(F)F)c4)cnn3)ncc(F)c21. The summed E-state index contributed by atoms with van der Waals surface area (Å²) in [6, 6.07) is 3.83.